The van der Waals surface area contributed by atoms with Gasteiger partial charge in [0.05, 0.1) is 6.54 Å². The maximum atomic E-state index is 12.9. The van der Waals surface area contributed by atoms with Gasteiger partial charge in [0.2, 0.25) is 0 Å². The summed E-state index contributed by atoms with van der Waals surface area (Å²) in [6.07, 6.45) is -0.0151. The number of aromatic nitrogens is 3. The highest BCUT2D eigenvalue weighted by molar-refractivity contribution is 6.30. The van der Waals surface area contributed by atoms with Crippen LogP contribution in [0.3, 0.4) is 0 Å². The number of anilines is 1. The number of para-hydroxylation sites is 1. The van der Waals surface area contributed by atoms with Crippen LogP contribution in [-0.2, 0) is 13.1 Å². The van der Waals surface area contributed by atoms with E-state index in [9.17, 15) is 9.90 Å². The summed E-state index contributed by atoms with van der Waals surface area (Å²) in [6, 6.07) is 17.4. The van der Waals surface area contributed by atoms with Crippen molar-refractivity contribution in [3.05, 3.63) is 75.9 Å². The molecule has 0 radical (unpaired) electrons. The van der Waals surface area contributed by atoms with Crippen molar-refractivity contribution in [2.45, 2.75) is 32.5 Å². The lowest BCUT2D eigenvalue weighted by molar-refractivity contribution is 0.179. The van der Waals surface area contributed by atoms with Gasteiger partial charge in [-0.2, -0.15) is 5.10 Å². The Hall–Kier alpha value is -2.81. The summed E-state index contributed by atoms with van der Waals surface area (Å²) in [5, 5.41) is 15.3. The van der Waals surface area contributed by atoms with Gasteiger partial charge in [-0.15, -0.1) is 0 Å². The van der Waals surface area contributed by atoms with Crippen LogP contribution in [0.2, 0.25) is 5.02 Å². The van der Waals surface area contributed by atoms with E-state index in [1.54, 1.807) is 6.92 Å². The molecule has 2 aromatic carbocycles. The second kappa shape index (κ2) is 11.6. The van der Waals surface area contributed by atoms with Crippen LogP contribution in [0.15, 0.2) is 59.4 Å². The second-order valence-corrected chi connectivity index (χ2v) is 8.95. The molecule has 9 heteroatoms. The molecule has 1 fully saturated rings. The van der Waals surface area contributed by atoms with Gasteiger partial charge in [-0.3, -0.25) is 9.47 Å². The summed E-state index contributed by atoms with van der Waals surface area (Å²) in [5.74, 6) is 1.12. The van der Waals surface area contributed by atoms with Crippen LogP contribution in [0.4, 0.5) is 5.69 Å². The highest BCUT2D eigenvalue weighted by atomic mass is 35.5. The highest BCUT2D eigenvalue weighted by Crippen LogP contribution is 2.20. The molecule has 0 bridgehead atoms. The van der Waals surface area contributed by atoms with Gasteiger partial charge in [-0.1, -0.05) is 35.9 Å². The smallest absolute Gasteiger partial charge is 0.346 e. The molecule has 34 heavy (non-hydrogen) atoms. The molecule has 2 heterocycles. The molecule has 8 nitrogen and oxygen atoms in total. The highest BCUT2D eigenvalue weighted by Gasteiger charge is 2.19. The standard InChI is InChI=1S/C25H32ClN5O3/c1-20(32)24-27-31(25(33)30(24)17-18-34-23-9-3-2-4-10-23)12-6-11-28-13-15-29(16-14-28)22-8-5-7-21(26)19-22/h2-5,7-10,19-20,32H,6,11-18H2,1H3. The summed E-state index contributed by atoms with van der Waals surface area (Å²) < 4.78 is 8.70. The van der Waals surface area contributed by atoms with Crippen molar-refractivity contribution in [1.82, 2.24) is 19.2 Å². The average Bonchev–Trinajstić information content (AvgIpc) is 3.16. The fourth-order valence-electron chi connectivity index (χ4n) is 4.24. The van der Waals surface area contributed by atoms with E-state index in [1.807, 2.05) is 48.5 Å². The Labute approximate surface area is 204 Å². The molecule has 4 rings (SSSR count). The Morgan fingerprint density at radius 2 is 1.79 bits per heavy atom. The number of nitrogens with zero attached hydrogens (tertiary/aromatic N) is 5. The molecule has 1 saturated heterocycles. The largest absolute Gasteiger partial charge is 0.492 e. The molecule has 1 unspecified atom stereocenters. The van der Waals surface area contributed by atoms with E-state index >= 15 is 0 Å². The summed E-state index contributed by atoms with van der Waals surface area (Å²) in [4.78, 5) is 17.7. The van der Waals surface area contributed by atoms with Crippen LogP contribution in [0, 0.1) is 0 Å². The van der Waals surface area contributed by atoms with Gasteiger partial charge in [0, 0.05) is 50.0 Å². The third-order valence-corrected chi connectivity index (χ3v) is 6.28. The van der Waals surface area contributed by atoms with E-state index in [2.05, 4.69) is 21.0 Å². The molecular formula is C25H32ClN5O3. The molecule has 0 amide bonds. The van der Waals surface area contributed by atoms with Crippen molar-refractivity contribution in [1.29, 1.82) is 0 Å². The van der Waals surface area contributed by atoms with Gasteiger partial charge in [0.1, 0.15) is 18.5 Å². The molecule has 1 aliphatic rings. The Bertz CT molecular complexity index is 1110. The molecule has 0 saturated carbocycles. The minimum atomic E-state index is -0.828. The number of aliphatic hydroxyl groups is 1. The number of aliphatic hydroxyl groups excluding tert-OH is 1. The van der Waals surface area contributed by atoms with E-state index in [1.165, 1.54) is 9.25 Å². The minimum absolute atomic E-state index is 0.210. The topological polar surface area (TPSA) is 75.8 Å². The van der Waals surface area contributed by atoms with Crippen LogP contribution in [0.5, 0.6) is 5.75 Å². The molecule has 1 aliphatic heterocycles. The van der Waals surface area contributed by atoms with Crippen LogP contribution in [-0.4, -0.2) is 63.7 Å². The lowest BCUT2D eigenvalue weighted by Gasteiger charge is -2.36. The van der Waals surface area contributed by atoms with E-state index in [0.717, 1.165) is 55.6 Å². The van der Waals surface area contributed by atoms with Gasteiger partial charge in [0.15, 0.2) is 5.82 Å². The summed E-state index contributed by atoms with van der Waals surface area (Å²) in [7, 11) is 0. The molecule has 1 N–H and O–H groups in total. The first kappa shape index (κ1) is 24.3. The Morgan fingerprint density at radius 3 is 2.50 bits per heavy atom. The molecule has 0 aliphatic carbocycles. The van der Waals surface area contributed by atoms with Crippen LogP contribution in [0.1, 0.15) is 25.3 Å². The van der Waals surface area contributed by atoms with E-state index in [4.69, 9.17) is 16.3 Å². The first-order valence-electron chi connectivity index (χ1n) is 11.8. The first-order valence-corrected chi connectivity index (χ1v) is 12.2. The SMILES string of the molecule is CC(O)c1nn(CCCN2CCN(c3cccc(Cl)c3)CC2)c(=O)n1CCOc1ccccc1. The molecule has 182 valence electrons. The minimum Gasteiger partial charge on any atom is -0.492 e. The number of benzene rings is 2. The maximum Gasteiger partial charge on any atom is 0.346 e. The van der Waals surface area contributed by atoms with Crippen molar-refractivity contribution in [3.8, 4) is 5.75 Å². The van der Waals surface area contributed by atoms with Crippen molar-refractivity contribution >= 4 is 17.3 Å². The third-order valence-electron chi connectivity index (χ3n) is 6.04. The molecule has 1 atom stereocenters. The zero-order chi connectivity index (χ0) is 23.9. The van der Waals surface area contributed by atoms with Crippen molar-refractivity contribution in [2.24, 2.45) is 0 Å². The molecular weight excluding hydrogens is 454 g/mol. The monoisotopic (exact) mass is 485 g/mol. The van der Waals surface area contributed by atoms with Gasteiger partial charge < -0.3 is 14.7 Å². The van der Waals surface area contributed by atoms with E-state index in [-0.39, 0.29) is 5.69 Å². The lowest BCUT2D eigenvalue weighted by Crippen LogP contribution is -2.46. The zero-order valence-corrected chi connectivity index (χ0v) is 20.3. The van der Waals surface area contributed by atoms with Gasteiger partial charge >= 0.3 is 5.69 Å². The van der Waals surface area contributed by atoms with Crippen LogP contribution >= 0.6 is 11.6 Å². The normalized spacial score (nSPS) is 15.4. The number of aryl methyl sites for hydroxylation is 1. The fraction of sp³-hybridized carbons (Fsp3) is 0.440. The molecule has 3 aromatic rings. The van der Waals surface area contributed by atoms with Crippen LogP contribution < -0.4 is 15.3 Å². The lowest BCUT2D eigenvalue weighted by atomic mass is 10.2. The number of hydrogen-bond donors (Lipinski definition) is 1. The maximum absolute atomic E-state index is 12.9. The van der Waals surface area contributed by atoms with Gasteiger partial charge in [0.25, 0.3) is 0 Å². The summed E-state index contributed by atoms with van der Waals surface area (Å²) in [6.45, 7) is 7.51. The summed E-state index contributed by atoms with van der Waals surface area (Å²) in [5.41, 5.74) is 0.949. The number of hydrogen-bond acceptors (Lipinski definition) is 6. The van der Waals surface area contributed by atoms with Crippen molar-refractivity contribution < 1.29 is 9.84 Å². The summed E-state index contributed by atoms with van der Waals surface area (Å²) >= 11 is 6.13. The predicted molar refractivity (Wildman–Crippen MR) is 134 cm³/mol. The van der Waals surface area contributed by atoms with E-state index in [0.29, 0.717) is 25.5 Å². The van der Waals surface area contributed by atoms with Gasteiger partial charge in [-0.05, 0) is 43.7 Å². The average molecular weight is 486 g/mol. The van der Waals surface area contributed by atoms with Crippen molar-refractivity contribution in [2.75, 3.05) is 44.2 Å². The van der Waals surface area contributed by atoms with E-state index < -0.39 is 6.10 Å². The Kier molecular flexibility index (Phi) is 8.26. The molecule has 1 aromatic heterocycles. The first-order chi connectivity index (χ1) is 16.5. The zero-order valence-electron chi connectivity index (χ0n) is 19.5. The third kappa shape index (κ3) is 6.20. The Morgan fingerprint density at radius 1 is 1.03 bits per heavy atom. The Balaban J connectivity index is 1.27. The number of halogens is 1. The predicted octanol–water partition coefficient (Wildman–Crippen LogP) is 3.04. The van der Waals surface area contributed by atoms with Crippen molar-refractivity contribution in [3.63, 3.8) is 0 Å². The quantitative estimate of drug-likeness (QED) is 0.475. The number of rotatable bonds is 10. The number of piperazine rings is 1. The molecule has 0 spiro atoms. The van der Waals surface area contributed by atoms with Gasteiger partial charge in [-0.25, -0.2) is 9.48 Å². The fourth-order valence-corrected chi connectivity index (χ4v) is 4.43. The second-order valence-electron chi connectivity index (χ2n) is 8.52. The number of ether oxygens (including phenoxy) is 1. The van der Waals surface area contributed by atoms with Crippen LogP contribution in [0.25, 0.3) is 0 Å².